The minimum Gasteiger partial charge on any atom is -0.481 e. The molecule has 0 aliphatic rings. The maximum Gasteiger partial charge on any atom is 0.407 e. The van der Waals surface area contributed by atoms with E-state index < -0.39 is 23.6 Å². The highest BCUT2D eigenvalue weighted by Gasteiger charge is 2.21. The number of pyridine rings is 1. The fourth-order valence-corrected chi connectivity index (χ4v) is 5.13. The molecule has 3 rings (SSSR count). The van der Waals surface area contributed by atoms with Crippen LogP contribution in [0, 0.1) is 5.92 Å². The van der Waals surface area contributed by atoms with Crippen molar-refractivity contribution in [3.8, 4) is 0 Å². The Bertz CT molecular complexity index is 1150. The van der Waals surface area contributed by atoms with Crippen molar-refractivity contribution in [2.45, 2.75) is 49.0 Å². The summed E-state index contributed by atoms with van der Waals surface area (Å²) in [6.45, 7) is 5.51. The minimum absolute atomic E-state index is 0.198. The van der Waals surface area contributed by atoms with Crippen molar-refractivity contribution in [1.82, 2.24) is 15.3 Å². The van der Waals surface area contributed by atoms with Crippen molar-refractivity contribution in [3.05, 3.63) is 58.1 Å². The van der Waals surface area contributed by atoms with Crippen LogP contribution in [0.5, 0.6) is 0 Å². The molecule has 0 spiro atoms. The number of rotatable bonds is 10. The van der Waals surface area contributed by atoms with Crippen LogP contribution in [0.1, 0.15) is 32.9 Å². The zero-order valence-corrected chi connectivity index (χ0v) is 22.8. The fourth-order valence-electron chi connectivity index (χ4n) is 3.00. The van der Waals surface area contributed by atoms with E-state index in [2.05, 4.69) is 36.5 Å². The molecule has 0 bridgehead atoms. The molecule has 186 valence electrons. The lowest BCUT2D eigenvalue weighted by Crippen LogP contribution is -2.34. The van der Waals surface area contributed by atoms with Gasteiger partial charge in [0.2, 0.25) is 0 Å². The number of hydrogen-bond acceptors (Lipinski definition) is 8. The summed E-state index contributed by atoms with van der Waals surface area (Å²) in [4.78, 5) is 34.6. The average Bonchev–Trinajstić information content (AvgIpc) is 3.21. The first-order valence-corrected chi connectivity index (χ1v) is 13.4. The van der Waals surface area contributed by atoms with Crippen molar-refractivity contribution < 1.29 is 19.4 Å². The van der Waals surface area contributed by atoms with Crippen LogP contribution in [-0.2, 0) is 16.0 Å². The normalized spacial score (nSPS) is 12.1. The first kappa shape index (κ1) is 27.0. The molecule has 1 atom stereocenters. The predicted octanol–water partition coefficient (Wildman–Crippen LogP) is 6.35. The molecule has 1 unspecified atom stereocenters. The van der Waals surface area contributed by atoms with Gasteiger partial charge in [-0.15, -0.1) is 11.3 Å². The van der Waals surface area contributed by atoms with Crippen molar-refractivity contribution in [2.24, 2.45) is 5.92 Å². The Morgan fingerprint density at radius 3 is 2.69 bits per heavy atom. The monoisotopic (exact) mass is 578 g/mol. The highest BCUT2D eigenvalue weighted by molar-refractivity contribution is 9.10. The van der Waals surface area contributed by atoms with Gasteiger partial charge in [-0.25, -0.2) is 14.8 Å². The van der Waals surface area contributed by atoms with Gasteiger partial charge < -0.3 is 20.5 Å². The number of ether oxygens (including phenoxy) is 1. The first-order valence-electron chi connectivity index (χ1n) is 10.9. The van der Waals surface area contributed by atoms with Crippen LogP contribution in [0.15, 0.2) is 62.2 Å². The number of halogens is 1. The topological polar surface area (TPSA) is 113 Å². The quantitative estimate of drug-likeness (QED) is 0.255. The van der Waals surface area contributed by atoms with Crippen molar-refractivity contribution in [2.75, 3.05) is 11.9 Å². The number of aromatic nitrogens is 2. The third-order valence-electron chi connectivity index (χ3n) is 4.53. The summed E-state index contributed by atoms with van der Waals surface area (Å²) in [5.41, 5.74) is 0.0558. The molecule has 11 heteroatoms. The summed E-state index contributed by atoms with van der Waals surface area (Å²) in [6.07, 6.45) is 1.67. The molecule has 35 heavy (non-hydrogen) atoms. The van der Waals surface area contributed by atoms with Gasteiger partial charge in [-0.1, -0.05) is 30.0 Å². The fraction of sp³-hybridized carbons (Fsp3) is 0.333. The highest BCUT2D eigenvalue weighted by Crippen LogP contribution is 2.35. The van der Waals surface area contributed by atoms with Crippen LogP contribution < -0.4 is 10.6 Å². The molecule has 3 aromatic rings. The molecular formula is C24H27BrN4O4S2. The standard InChI is InChI=1S/C24H27BrN4O4S2/c1-24(2,3)33-23(32)26-10-9-15(21(30)31)11-17-14-34-22(28-17)29-20-19(12-16(25)13-27-20)35-18-7-5-4-6-8-18/h4-8,12-15H,9-11H2,1-3H3,(H,26,32)(H,30,31)(H,27,28,29). The Hall–Kier alpha value is -2.63. The van der Waals surface area contributed by atoms with Gasteiger partial charge in [0.15, 0.2) is 5.13 Å². The molecule has 0 fully saturated rings. The van der Waals surface area contributed by atoms with Crippen LogP contribution in [0.4, 0.5) is 15.7 Å². The molecule has 0 aliphatic carbocycles. The number of anilines is 2. The Balaban J connectivity index is 1.61. The molecule has 2 heterocycles. The van der Waals surface area contributed by atoms with Gasteiger partial charge in [0.1, 0.15) is 11.4 Å². The molecule has 0 radical (unpaired) electrons. The van der Waals surface area contributed by atoms with Gasteiger partial charge in [0.25, 0.3) is 0 Å². The second kappa shape index (κ2) is 12.4. The molecule has 1 aromatic carbocycles. The Kier molecular flexibility index (Phi) is 9.53. The summed E-state index contributed by atoms with van der Waals surface area (Å²) in [7, 11) is 0. The zero-order chi connectivity index (χ0) is 25.4. The van der Waals surface area contributed by atoms with E-state index in [0.29, 0.717) is 16.6 Å². The number of benzene rings is 1. The minimum atomic E-state index is -0.936. The average molecular weight is 580 g/mol. The Morgan fingerprint density at radius 2 is 2.00 bits per heavy atom. The van der Waals surface area contributed by atoms with Crippen LogP contribution in [-0.4, -0.2) is 39.3 Å². The lowest BCUT2D eigenvalue weighted by atomic mass is 10.0. The number of hydrogen-bond donors (Lipinski definition) is 3. The second-order valence-electron chi connectivity index (χ2n) is 8.64. The maximum absolute atomic E-state index is 11.8. The van der Waals surface area contributed by atoms with E-state index in [4.69, 9.17) is 4.74 Å². The lowest BCUT2D eigenvalue weighted by molar-refractivity contribution is -0.141. The molecule has 8 nitrogen and oxygen atoms in total. The number of carbonyl (C=O) groups excluding carboxylic acids is 1. The van der Waals surface area contributed by atoms with E-state index in [1.807, 2.05) is 41.8 Å². The van der Waals surface area contributed by atoms with Crippen molar-refractivity contribution in [1.29, 1.82) is 0 Å². The number of carbonyl (C=O) groups is 2. The first-order chi connectivity index (χ1) is 16.6. The van der Waals surface area contributed by atoms with E-state index in [1.54, 1.807) is 38.7 Å². The summed E-state index contributed by atoms with van der Waals surface area (Å²) in [5, 5.41) is 18.0. The smallest absolute Gasteiger partial charge is 0.407 e. The molecule has 0 saturated carbocycles. The van der Waals surface area contributed by atoms with Crippen LogP contribution in [0.2, 0.25) is 0 Å². The molecule has 3 N–H and O–H groups in total. The number of nitrogens with zero attached hydrogens (tertiary/aromatic N) is 2. The highest BCUT2D eigenvalue weighted by atomic mass is 79.9. The van der Waals surface area contributed by atoms with Gasteiger partial charge in [0.05, 0.1) is 16.5 Å². The number of carboxylic acid groups (broad SMARTS) is 1. The number of aliphatic carboxylic acids is 1. The largest absolute Gasteiger partial charge is 0.481 e. The summed E-state index contributed by atoms with van der Waals surface area (Å²) in [5.74, 6) is -0.955. The SMILES string of the molecule is CC(C)(C)OC(=O)NCCC(Cc1csc(Nc2ncc(Br)cc2Sc2ccccc2)n1)C(=O)O. The number of carboxylic acids is 1. The number of nitrogens with one attached hydrogen (secondary N) is 2. The molecule has 0 aliphatic heterocycles. The van der Waals surface area contributed by atoms with Gasteiger partial charge >= 0.3 is 12.1 Å². The molecule has 0 saturated heterocycles. The van der Waals surface area contributed by atoms with E-state index in [9.17, 15) is 14.7 Å². The zero-order valence-electron chi connectivity index (χ0n) is 19.6. The third kappa shape index (κ3) is 9.15. The van der Waals surface area contributed by atoms with Gasteiger partial charge in [-0.05, 0) is 61.3 Å². The van der Waals surface area contributed by atoms with Crippen LogP contribution in [0.3, 0.4) is 0 Å². The third-order valence-corrected chi connectivity index (χ3v) is 6.81. The van der Waals surface area contributed by atoms with Gasteiger partial charge in [0, 0.05) is 33.9 Å². The van der Waals surface area contributed by atoms with E-state index in [-0.39, 0.29) is 19.4 Å². The van der Waals surface area contributed by atoms with Crippen molar-refractivity contribution >= 4 is 62.0 Å². The lowest BCUT2D eigenvalue weighted by Gasteiger charge is -2.20. The Morgan fingerprint density at radius 1 is 1.26 bits per heavy atom. The number of alkyl carbamates (subject to hydrolysis) is 1. The molecular weight excluding hydrogens is 552 g/mol. The molecule has 1 amide bonds. The van der Waals surface area contributed by atoms with Gasteiger partial charge in [-0.2, -0.15) is 0 Å². The summed E-state index contributed by atoms with van der Waals surface area (Å²) < 4.78 is 6.05. The van der Waals surface area contributed by atoms with Gasteiger partial charge in [-0.3, -0.25) is 4.79 Å². The van der Waals surface area contributed by atoms with Crippen LogP contribution in [0.25, 0.3) is 0 Å². The van der Waals surface area contributed by atoms with Crippen LogP contribution >= 0.6 is 39.0 Å². The van der Waals surface area contributed by atoms with Crippen molar-refractivity contribution in [3.63, 3.8) is 0 Å². The molecule has 2 aromatic heterocycles. The van der Waals surface area contributed by atoms with E-state index >= 15 is 0 Å². The number of thiazole rings is 1. The number of amides is 1. The maximum atomic E-state index is 11.8. The van der Waals surface area contributed by atoms with E-state index in [1.165, 1.54) is 11.3 Å². The van der Waals surface area contributed by atoms with E-state index in [0.717, 1.165) is 14.3 Å². The predicted molar refractivity (Wildman–Crippen MR) is 142 cm³/mol. The summed E-state index contributed by atoms with van der Waals surface area (Å²) >= 11 is 6.45. The Labute approximate surface area is 221 Å². The second-order valence-corrected chi connectivity index (χ2v) is 11.5. The summed E-state index contributed by atoms with van der Waals surface area (Å²) in [6, 6.07) is 12.0.